The van der Waals surface area contributed by atoms with Crippen LogP contribution >= 0.6 is 0 Å². The van der Waals surface area contributed by atoms with E-state index in [0.29, 0.717) is 13.0 Å². The molecule has 0 radical (unpaired) electrons. The van der Waals surface area contributed by atoms with E-state index in [1.165, 1.54) is 16.4 Å². The first-order valence-corrected chi connectivity index (χ1v) is 7.32. The second-order valence-corrected chi connectivity index (χ2v) is 5.89. The van der Waals surface area contributed by atoms with Gasteiger partial charge in [0.25, 0.3) is 5.69 Å². The molecule has 1 aromatic rings. The lowest BCUT2D eigenvalue weighted by atomic mass is 10.3. The fourth-order valence-electron chi connectivity index (χ4n) is 1.73. The predicted octanol–water partition coefficient (Wildman–Crippen LogP) is 1.60. The van der Waals surface area contributed by atoms with Crippen molar-refractivity contribution in [2.24, 2.45) is 0 Å². The molecule has 1 rings (SSSR count). The molecule has 0 heterocycles. The van der Waals surface area contributed by atoms with Gasteiger partial charge in [-0.1, -0.05) is 13.8 Å². The number of sulfonamides is 1. The Morgan fingerprint density at radius 3 is 2.47 bits per heavy atom. The van der Waals surface area contributed by atoms with Crippen LogP contribution in [0.1, 0.15) is 20.3 Å². The summed E-state index contributed by atoms with van der Waals surface area (Å²) in [6, 6.07) is 3.59. The van der Waals surface area contributed by atoms with E-state index in [1.807, 2.05) is 6.92 Å². The molecule has 7 nitrogen and oxygen atoms in total. The molecule has 0 saturated carbocycles. The maximum absolute atomic E-state index is 12.4. The summed E-state index contributed by atoms with van der Waals surface area (Å²) in [5.41, 5.74) is 5.13. The molecule has 0 aliphatic rings. The van der Waals surface area contributed by atoms with E-state index >= 15 is 0 Å². The summed E-state index contributed by atoms with van der Waals surface area (Å²) < 4.78 is 26.0. The number of hydrogen-bond donors (Lipinski definition) is 1. The van der Waals surface area contributed by atoms with Crippen LogP contribution in [0.5, 0.6) is 0 Å². The number of anilines is 1. The van der Waals surface area contributed by atoms with E-state index in [2.05, 4.69) is 0 Å². The van der Waals surface area contributed by atoms with E-state index in [1.54, 1.807) is 6.92 Å². The first-order chi connectivity index (χ1) is 8.84. The molecule has 0 aliphatic heterocycles. The third kappa shape index (κ3) is 3.21. The van der Waals surface area contributed by atoms with Crippen LogP contribution in [0.15, 0.2) is 23.1 Å². The van der Waals surface area contributed by atoms with Gasteiger partial charge in [-0.15, -0.1) is 0 Å². The molecule has 0 saturated heterocycles. The van der Waals surface area contributed by atoms with E-state index in [4.69, 9.17) is 5.73 Å². The van der Waals surface area contributed by atoms with Crippen LogP contribution in [0.2, 0.25) is 0 Å². The molecular formula is C11H17N3O4S. The van der Waals surface area contributed by atoms with Gasteiger partial charge in [0.15, 0.2) is 4.90 Å². The molecule has 0 aromatic heterocycles. The summed E-state index contributed by atoms with van der Waals surface area (Å²) in [5.74, 6) is 0. The van der Waals surface area contributed by atoms with Crippen molar-refractivity contribution in [1.29, 1.82) is 0 Å². The third-order valence-electron chi connectivity index (χ3n) is 2.62. The summed E-state index contributed by atoms with van der Waals surface area (Å²) in [6.07, 6.45) is 0.635. The molecule has 0 spiro atoms. The molecule has 2 N–H and O–H groups in total. The lowest BCUT2D eigenvalue weighted by molar-refractivity contribution is -0.387. The Balaban J connectivity index is 3.39. The molecule has 1 aromatic carbocycles. The number of hydrogen-bond acceptors (Lipinski definition) is 5. The normalized spacial score (nSPS) is 11.7. The van der Waals surface area contributed by atoms with Crippen LogP contribution in [-0.2, 0) is 10.0 Å². The molecule has 19 heavy (non-hydrogen) atoms. The molecule has 0 atom stereocenters. The van der Waals surface area contributed by atoms with Crippen molar-refractivity contribution in [3.8, 4) is 0 Å². The Kier molecular flexibility index (Phi) is 4.84. The lowest BCUT2D eigenvalue weighted by Crippen LogP contribution is -2.32. The second-order valence-electron chi connectivity index (χ2n) is 3.98. The summed E-state index contributed by atoms with van der Waals surface area (Å²) in [4.78, 5) is 9.91. The Morgan fingerprint density at radius 2 is 2.00 bits per heavy atom. The maximum atomic E-state index is 12.4. The average molecular weight is 287 g/mol. The summed E-state index contributed by atoms with van der Waals surface area (Å²) >= 11 is 0. The molecule has 0 unspecified atom stereocenters. The number of nitro benzene ring substituents is 1. The topological polar surface area (TPSA) is 107 Å². The minimum absolute atomic E-state index is 0.157. The van der Waals surface area contributed by atoms with Crippen molar-refractivity contribution < 1.29 is 13.3 Å². The zero-order valence-corrected chi connectivity index (χ0v) is 11.7. The summed E-state index contributed by atoms with van der Waals surface area (Å²) in [5, 5.41) is 11.0. The van der Waals surface area contributed by atoms with Crippen LogP contribution in [0.4, 0.5) is 11.4 Å². The standard InChI is InChI=1S/C11H17N3O4S/c1-3-7-13(4-2)19(17,18)11-6-5-9(12)8-10(11)14(15)16/h5-6,8H,3-4,7,12H2,1-2H3. The Hall–Kier alpha value is -1.67. The van der Waals surface area contributed by atoms with Crippen LogP contribution in [0.3, 0.4) is 0 Å². The molecular weight excluding hydrogens is 270 g/mol. The fraction of sp³-hybridized carbons (Fsp3) is 0.455. The number of nitro groups is 1. The Morgan fingerprint density at radius 1 is 1.37 bits per heavy atom. The van der Waals surface area contributed by atoms with E-state index in [-0.39, 0.29) is 17.1 Å². The highest BCUT2D eigenvalue weighted by molar-refractivity contribution is 7.89. The maximum Gasteiger partial charge on any atom is 0.291 e. The van der Waals surface area contributed by atoms with Gasteiger partial charge in [-0.3, -0.25) is 10.1 Å². The minimum atomic E-state index is -3.87. The van der Waals surface area contributed by atoms with Crippen molar-refractivity contribution >= 4 is 21.4 Å². The van der Waals surface area contributed by atoms with Crippen LogP contribution < -0.4 is 5.73 Å². The minimum Gasteiger partial charge on any atom is -0.399 e. The first kappa shape index (κ1) is 15.4. The van der Waals surface area contributed by atoms with Crippen molar-refractivity contribution in [3.05, 3.63) is 28.3 Å². The van der Waals surface area contributed by atoms with Gasteiger partial charge in [0.2, 0.25) is 10.0 Å². The highest BCUT2D eigenvalue weighted by atomic mass is 32.2. The number of rotatable bonds is 6. The molecule has 0 amide bonds. The first-order valence-electron chi connectivity index (χ1n) is 5.88. The van der Waals surface area contributed by atoms with Crippen molar-refractivity contribution in [3.63, 3.8) is 0 Å². The van der Waals surface area contributed by atoms with Gasteiger partial charge in [-0.25, -0.2) is 8.42 Å². The van der Waals surface area contributed by atoms with Crippen LogP contribution in [-0.4, -0.2) is 30.7 Å². The molecule has 8 heteroatoms. The zero-order valence-electron chi connectivity index (χ0n) is 10.9. The largest absolute Gasteiger partial charge is 0.399 e. The lowest BCUT2D eigenvalue weighted by Gasteiger charge is -2.19. The van der Waals surface area contributed by atoms with Gasteiger partial charge in [-0.05, 0) is 18.6 Å². The highest BCUT2D eigenvalue weighted by Crippen LogP contribution is 2.28. The Bertz CT molecular complexity index is 571. The molecule has 0 bridgehead atoms. The molecule has 0 fully saturated rings. The predicted molar refractivity (Wildman–Crippen MR) is 72.2 cm³/mol. The van der Waals surface area contributed by atoms with Gasteiger partial charge in [0.05, 0.1) is 4.92 Å². The van der Waals surface area contributed by atoms with Gasteiger partial charge >= 0.3 is 0 Å². The van der Waals surface area contributed by atoms with Gasteiger partial charge < -0.3 is 5.73 Å². The SMILES string of the molecule is CCCN(CC)S(=O)(=O)c1ccc(N)cc1[N+](=O)[O-]. The number of nitrogens with two attached hydrogens (primary N) is 1. The molecule has 106 valence electrons. The van der Waals surface area contributed by atoms with E-state index in [9.17, 15) is 18.5 Å². The zero-order chi connectivity index (χ0) is 14.6. The van der Waals surface area contributed by atoms with E-state index in [0.717, 1.165) is 6.07 Å². The number of nitrogen functional groups attached to an aromatic ring is 1. The molecule has 0 aliphatic carbocycles. The number of nitrogens with zero attached hydrogens (tertiary/aromatic N) is 2. The van der Waals surface area contributed by atoms with Crippen molar-refractivity contribution in [2.75, 3.05) is 18.8 Å². The summed E-state index contributed by atoms with van der Waals surface area (Å²) in [7, 11) is -3.87. The van der Waals surface area contributed by atoms with E-state index < -0.39 is 20.6 Å². The Labute approximate surface area is 112 Å². The van der Waals surface area contributed by atoms with Crippen molar-refractivity contribution in [1.82, 2.24) is 4.31 Å². The third-order valence-corrected chi connectivity index (χ3v) is 4.64. The van der Waals surface area contributed by atoms with Crippen LogP contribution in [0.25, 0.3) is 0 Å². The van der Waals surface area contributed by atoms with Gasteiger partial charge in [0, 0.05) is 24.8 Å². The number of benzene rings is 1. The quantitative estimate of drug-likeness (QED) is 0.486. The average Bonchev–Trinajstić information content (AvgIpc) is 2.35. The fourth-order valence-corrected chi connectivity index (χ4v) is 3.41. The van der Waals surface area contributed by atoms with Gasteiger partial charge in [0.1, 0.15) is 0 Å². The monoisotopic (exact) mass is 287 g/mol. The second kappa shape index (κ2) is 5.98. The van der Waals surface area contributed by atoms with Crippen molar-refractivity contribution in [2.45, 2.75) is 25.2 Å². The highest BCUT2D eigenvalue weighted by Gasteiger charge is 2.30. The smallest absolute Gasteiger partial charge is 0.291 e. The van der Waals surface area contributed by atoms with Crippen LogP contribution in [0, 0.1) is 10.1 Å². The van der Waals surface area contributed by atoms with Gasteiger partial charge in [-0.2, -0.15) is 4.31 Å². The summed E-state index contributed by atoms with van der Waals surface area (Å²) in [6.45, 7) is 4.12.